The number of ether oxygens (including phenoxy) is 2. The summed E-state index contributed by atoms with van der Waals surface area (Å²) in [5.41, 5.74) is 5.74. The van der Waals surface area contributed by atoms with E-state index in [1.807, 2.05) is 29.8 Å². The zero-order valence-electron chi connectivity index (χ0n) is 28.3. The lowest BCUT2D eigenvalue weighted by atomic mass is 9.87. The lowest BCUT2D eigenvalue weighted by Crippen LogP contribution is -2.49. The number of methoxy groups -OCH3 is 1. The molecule has 0 saturated carbocycles. The minimum absolute atomic E-state index is 0.0894. The summed E-state index contributed by atoms with van der Waals surface area (Å²) in [6, 6.07) is 11.1. The number of carbonyl (C=O) groups is 2. The Morgan fingerprint density at radius 3 is 2.70 bits per heavy atom. The van der Waals surface area contributed by atoms with Gasteiger partial charge in [0.1, 0.15) is 0 Å². The third kappa shape index (κ3) is 6.95. The van der Waals surface area contributed by atoms with Crippen molar-refractivity contribution < 1.29 is 19.1 Å². The van der Waals surface area contributed by atoms with Gasteiger partial charge >= 0.3 is 0 Å². The molecule has 2 saturated heterocycles. The molecule has 0 aliphatic carbocycles. The molecule has 3 N–H and O–H groups in total. The van der Waals surface area contributed by atoms with Crippen molar-refractivity contribution in [2.45, 2.75) is 45.3 Å². The van der Waals surface area contributed by atoms with Gasteiger partial charge in [-0.2, -0.15) is 0 Å². The molecule has 0 unspecified atom stereocenters. The van der Waals surface area contributed by atoms with Crippen molar-refractivity contribution in [3.63, 3.8) is 0 Å². The zero-order chi connectivity index (χ0) is 35.0. The molecule has 1 aromatic carbocycles. The number of nitrogens with zero attached hydrogens (tertiary/aromatic N) is 5. The number of hydrogen-bond acceptors (Lipinski definition) is 9. The van der Waals surface area contributed by atoms with Crippen LogP contribution in [0.1, 0.15) is 47.3 Å². The number of pyridine rings is 2. The molecule has 12 nitrogen and oxygen atoms in total. The minimum atomic E-state index is -0.349. The first-order valence-electron chi connectivity index (χ1n) is 16.8. The minimum Gasteiger partial charge on any atom is -0.481 e. The fraction of sp³-hybridized carbons (Fsp3) is 0.417. The summed E-state index contributed by atoms with van der Waals surface area (Å²) in [6.07, 6.45) is 3.86. The van der Waals surface area contributed by atoms with E-state index in [4.69, 9.17) is 42.6 Å². The molecule has 3 aromatic heterocycles. The predicted molar refractivity (Wildman–Crippen MR) is 191 cm³/mol. The second-order valence-electron chi connectivity index (χ2n) is 13.6. The summed E-state index contributed by atoms with van der Waals surface area (Å²) in [7, 11) is 3.46. The summed E-state index contributed by atoms with van der Waals surface area (Å²) in [4.78, 5) is 41.6. The second-order valence-corrected chi connectivity index (χ2v) is 14.3. The van der Waals surface area contributed by atoms with Crippen molar-refractivity contribution in [2.75, 3.05) is 45.3 Å². The summed E-state index contributed by atoms with van der Waals surface area (Å²) in [5.74, 6) is 0.539. The fourth-order valence-corrected chi connectivity index (χ4v) is 7.54. The number of aromatic nitrogens is 4. The van der Waals surface area contributed by atoms with Crippen molar-refractivity contribution in [1.82, 2.24) is 35.1 Å². The standard InChI is InChI=1S/C36H40Cl2N8O4/c1-36(19-50-20-36)18-46-14-12-28-27(17-46)42-33(45(28)2)34(48)43-26-6-4-5-24(30(26)37)32-31(38)23(11-13-40-32)25-9-7-21(35(44-25)49-3)15-39-16-22-8-10-29(47)41-22/h4-7,9,11,13,22,39H,8,10,12,14-20H2,1-3H3,(H,41,47)(H,43,48)/t22-/m1/s1. The number of fused-ring (bicyclic) bond motifs is 1. The van der Waals surface area contributed by atoms with Gasteiger partial charge in [-0.3, -0.25) is 19.5 Å². The average molecular weight is 720 g/mol. The Balaban J connectivity index is 1.07. The Hall–Kier alpha value is -4.07. The zero-order valence-corrected chi connectivity index (χ0v) is 29.8. The van der Waals surface area contributed by atoms with E-state index in [0.29, 0.717) is 76.0 Å². The molecule has 3 aliphatic rings. The van der Waals surface area contributed by atoms with Gasteiger partial charge in [0.15, 0.2) is 5.82 Å². The first-order chi connectivity index (χ1) is 24.1. The van der Waals surface area contributed by atoms with Gasteiger partial charge in [-0.15, -0.1) is 0 Å². The third-order valence-electron chi connectivity index (χ3n) is 9.64. The normalized spacial score (nSPS) is 18.3. The highest BCUT2D eigenvalue weighted by molar-refractivity contribution is 6.39. The van der Waals surface area contributed by atoms with Crippen LogP contribution in [-0.2, 0) is 36.1 Å². The van der Waals surface area contributed by atoms with Crippen LogP contribution in [0.3, 0.4) is 0 Å². The highest BCUT2D eigenvalue weighted by Gasteiger charge is 2.37. The van der Waals surface area contributed by atoms with Gasteiger partial charge in [0.25, 0.3) is 5.91 Å². The van der Waals surface area contributed by atoms with Crippen LogP contribution in [0.25, 0.3) is 22.5 Å². The quantitative estimate of drug-likeness (QED) is 0.198. The second kappa shape index (κ2) is 14.3. The van der Waals surface area contributed by atoms with Crippen molar-refractivity contribution >= 4 is 40.7 Å². The average Bonchev–Trinajstić information content (AvgIpc) is 3.67. The molecule has 2 fully saturated rings. The fourth-order valence-electron chi connectivity index (χ4n) is 6.96. The molecule has 0 radical (unpaired) electrons. The summed E-state index contributed by atoms with van der Waals surface area (Å²) in [5, 5.41) is 9.97. The number of imidazole rings is 1. The Bertz CT molecular complexity index is 1950. The van der Waals surface area contributed by atoms with Crippen molar-refractivity contribution in [2.24, 2.45) is 12.5 Å². The number of benzene rings is 1. The van der Waals surface area contributed by atoms with Gasteiger partial charge in [0, 0.05) is 92.7 Å². The van der Waals surface area contributed by atoms with E-state index in [-0.39, 0.29) is 23.3 Å². The first-order valence-corrected chi connectivity index (χ1v) is 17.5. The van der Waals surface area contributed by atoms with Gasteiger partial charge in [0.05, 0.1) is 53.1 Å². The monoisotopic (exact) mass is 718 g/mol. The molecule has 1 atom stereocenters. The van der Waals surface area contributed by atoms with Crippen molar-refractivity contribution in [3.05, 3.63) is 75.4 Å². The summed E-state index contributed by atoms with van der Waals surface area (Å²) >= 11 is 13.9. The van der Waals surface area contributed by atoms with E-state index in [0.717, 1.165) is 56.1 Å². The molecule has 0 spiro atoms. The molecule has 3 aliphatic heterocycles. The van der Waals surface area contributed by atoms with E-state index >= 15 is 0 Å². The number of nitrogens with one attached hydrogen (secondary N) is 3. The largest absolute Gasteiger partial charge is 0.481 e. The third-order valence-corrected chi connectivity index (χ3v) is 10.4. The maximum atomic E-state index is 13.6. The van der Waals surface area contributed by atoms with Crippen LogP contribution in [0.5, 0.6) is 5.88 Å². The molecular weight excluding hydrogens is 679 g/mol. The smallest absolute Gasteiger partial charge is 0.291 e. The molecule has 2 amide bonds. The maximum absolute atomic E-state index is 13.6. The SMILES string of the molecule is COc1nc(-c2ccnc(-c3cccc(NC(=O)c4nc5c(n4C)CCN(CC4(C)COC4)C5)c3Cl)c2Cl)ccc1CNC[C@H]1CCC(=O)N1. The molecule has 50 heavy (non-hydrogen) atoms. The molecule has 14 heteroatoms. The number of carbonyl (C=O) groups excluding carboxylic acids is 2. The van der Waals surface area contributed by atoms with Crippen LogP contribution in [0.15, 0.2) is 42.6 Å². The predicted octanol–water partition coefficient (Wildman–Crippen LogP) is 4.87. The van der Waals surface area contributed by atoms with Gasteiger partial charge < -0.3 is 30.0 Å². The first kappa shape index (κ1) is 34.4. The van der Waals surface area contributed by atoms with Crippen LogP contribution in [0.4, 0.5) is 5.69 Å². The van der Waals surface area contributed by atoms with E-state index in [1.165, 1.54) is 0 Å². The maximum Gasteiger partial charge on any atom is 0.291 e. The van der Waals surface area contributed by atoms with Crippen LogP contribution in [0.2, 0.25) is 10.0 Å². The Morgan fingerprint density at radius 2 is 1.96 bits per heavy atom. The summed E-state index contributed by atoms with van der Waals surface area (Å²) in [6.45, 7) is 7.54. The van der Waals surface area contributed by atoms with Gasteiger partial charge in [0.2, 0.25) is 11.8 Å². The molecule has 262 valence electrons. The number of hydrogen-bond donors (Lipinski definition) is 3. The van der Waals surface area contributed by atoms with E-state index in [1.54, 1.807) is 31.5 Å². The Kier molecular flexibility index (Phi) is 9.82. The van der Waals surface area contributed by atoms with Crippen LogP contribution in [-0.4, -0.2) is 82.2 Å². The van der Waals surface area contributed by atoms with E-state index < -0.39 is 0 Å². The summed E-state index contributed by atoms with van der Waals surface area (Å²) < 4.78 is 12.9. The number of anilines is 1. The highest BCUT2D eigenvalue weighted by atomic mass is 35.5. The number of halogens is 2. The topological polar surface area (TPSA) is 136 Å². The van der Waals surface area contributed by atoms with Crippen molar-refractivity contribution in [3.8, 4) is 28.4 Å². The van der Waals surface area contributed by atoms with Gasteiger partial charge in [-0.1, -0.05) is 48.3 Å². The molecule has 6 heterocycles. The van der Waals surface area contributed by atoms with E-state index in [2.05, 4.69) is 32.8 Å². The lowest BCUT2D eigenvalue weighted by Gasteiger charge is -2.42. The van der Waals surface area contributed by atoms with Gasteiger partial charge in [-0.25, -0.2) is 9.97 Å². The highest BCUT2D eigenvalue weighted by Crippen LogP contribution is 2.40. The molecule has 0 bridgehead atoms. The van der Waals surface area contributed by atoms with Crippen molar-refractivity contribution in [1.29, 1.82) is 0 Å². The number of rotatable bonds is 11. The molecule has 4 aromatic rings. The molecule has 7 rings (SSSR count). The molecular formula is C36H40Cl2N8O4. The lowest BCUT2D eigenvalue weighted by molar-refractivity contribution is -0.119. The van der Waals surface area contributed by atoms with Crippen LogP contribution < -0.4 is 20.7 Å². The number of amides is 2. The van der Waals surface area contributed by atoms with Crippen LogP contribution in [0, 0.1) is 5.41 Å². The van der Waals surface area contributed by atoms with Gasteiger partial charge in [-0.05, 0) is 24.6 Å². The Morgan fingerprint density at radius 1 is 1.12 bits per heavy atom. The van der Waals surface area contributed by atoms with E-state index in [9.17, 15) is 9.59 Å². The Labute approximate surface area is 300 Å². The van der Waals surface area contributed by atoms with Crippen LogP contribution >= 0.6 is 23.2 Å².